The SMILES string of the molecule is O=C(OC[C@H]1O[C@@H](OC(=O)c2cc(O)c(O)c(OC(=O)c3cc(O)c(O)c(O)c3)c2)[C@H](OC(=O)c2cc(O)c(O)c(OC(=O)c3cc(O)c(O)c(O)c3)c2)[C@@H](OC(=O)c2cc(O)c(O)c(OC(=O)c3cc(O)c(O)c(O)c3)c2)[C@@H]1OC(=O)c1cc(O)c(O)c(OC(=O)c2cc(O)c(O)c(O)c2)c1)c1cc(O)c(O)c(OC(=O)c2cc(O)c(O)c(O)c2)c1.[Li+]. The minimum atomic E-state index is -3.12. The van der Waals surface area contributed by atoms with Crippen LogP contribution in [-0.2, 0) is 28.4 Å². The number of benzene rings is 10. The predicted octanol–water partition coefficient (Wildman–Crippen LogP) is 1.84. The normalized spacial score (nSPS) is 14.5. The number of carbonyl (C=O) groups excluding carboxylic acids is 10. The van der Waals surface area contributed by atoms with E-state index >= 15 is 14.4 Å². The molecule has 1 fully saturated rings. The van der Waals surface area contributed by atoms with E-state index in [0.29, 0.717) is 121 Å². The summed E-state index contributed by atoms with van der Waals surface area (Å²) in [4.78, 5) is 142. The van der Waals surface area contributed by atoms with Gasteiger partial charge in [-0.05, 0) is 121 Å². The summed E-state index contributed by atoms with van der Waals surface area (Å²) in [6.45, 7) is -1.71. The van der Waals surface area contributed by atoms with Crippen molar-refractivity contribution in [1.82, 2.24) is 0 Å². The summed E-state index contributed by atoms with van der Waals surface area (Å²) in [7, 11) is 0. The van der Waals surface area contributed by atoms with E-state index in [0.717, 1.165) is 0 Å². The zero-order valence-corrected chi connectivity index (χ0v) is 60.9. The minimum Gasteiger partial charge on any atom is -0.504 e. The third-order valence-electron chi connectivity index (χ3n) is 16.9. The molecule has 0 aromatic heterocycles. The molecule has 0 bridgehead atoms. The number of carbonyl (C=O) groups is 10. The monoisotopic (exact) mass is 1710 g/mol. The number of hydrogen-bond acceptors (Lipinski definition) is 46. The third-order valence-corrected chi connectivity index (χ3v) is 16.9. The van der Waals surface area contributed by atoms with Crippen molar-refractivity contribution in [1.29, 1.82) is 0 Å². The Bertz CT molecular complexity index is 5980. The first-order valence-corrected chi connectivity index (χ1v) is 33.2. The minimum absolute atomic E-state index is 0. The van der Waals surface area contributed by atoms with E-state index in [4.69, 9.17) is 52.1 Å². The summed E-state index contributed by atoms with van der Waals surface area (Å²) in [6.07, 6.45) is -15.1. The van der Waals surface area contributed by atoms with E-state index in [1.54, 1.807) is 0 Å². The number of rotatable bonds is 21. The molecule has 5 atom stereocenters. The molecule has 0 amide bonds. The molecular formula is C76H52LiO46+. The Labute approximate surface area is 690 Å². The Morgan fingerprint density at radius 2 is 0.382 bits per heavy atom. The van der Waals surface area contributed by atoms with Crippen molar-refractivity contribution in [2.75, 3.05) is 6.61 Å². The summed E-state index contributed by atoms with van der Waals surface area (Å²) >= 11 is 0. The van der Waals surface area contributed by atoms with Gasteiger partial charge in [0.05, 0.1) is 55.6 Å². The van der Waals surface area contributed by atoms with Crippen LogP contribution in [0.1, 0.15) is 104 Å². The number of hydrogen-bond donors (Lipinski definition) is 25. The second kappa shape index (κ2) is 34.7. The molecule has 47 heteroatoms. The van der Waals surface area contributed by atoms with Crippen LogP contribution in [-0.4, -0.2) is 225 Å². The fourth-order valence-electron chi connectivity index (χ4n) is 10.8. The van der Waals surface area contributed by atoms with Gasteiger partial charge in [-0.1, -0.05) is 0 Å². The molecule has 10 aromatic rings. The molecule has 0 aliphatic carbocycles. The topological polar surface area (TPSA) is 778 Å². The summed E-state index contributed by atoms with van der Waals surface area (Å²) in [6, 6.07) is 8.56. The maximum absolute atomic E-state index is 15.3. The molecule has 1 heterocycles. The summed E-state index contributed by atoms with van der Waals surface area (Å²) < 4.78 is 60.4. The Morgan fingerprint density at radius 1 is 0.211 bits per heavy atom. The van der Waals surface area contributed by atoms with Gasteiger partial charge in [-0.25, -0.2) is 47.9 Å². The van der Waals surface area contributed by atoms with Crippen molar-refractivity contribution in [2.45, 2.75) is 30.7 Å². The van der Waals surface area contributed by atoms with Crippen molar-refractivity contribution in [3.05, 3.63) is 177 Å². The fourth-order valence-corrected chi connectivity index (χ4v) is 10.8. The molecule has 1 saturated heterocycles. The van der Waals surface area contributed by atoms with E-state index in [9.17, 15) is 161 Å². The molecule has 11 rings (SSSR count). The number of phenolic OH excluding ortho intramolecular Hbond substituents is 25. The van der Waals surface area contributed by atoms with E-state index in [2.05, 4.69) is 0 Å². The Kier molecular flexibility index (Phi) is 24.8. The molecule has 25 N–H and O–H groups in total. The number of ether oxygens (including phenoxy) is 11. The van der Waals surface area contributed by atoms with Gasteiger partial charge in [0, 0.05) is 0 Å². The number of esters is 10. The van der Waals surface area contributed by atoms with Crippen LogP contribution < -0.4 is 42.5 Å². The van der Waals surface area contributed by atoms with Crippen LogP contribution in [0.4, 0.5) is 0 Å². The average molecular weight is 1710 g/mol. The maximum atomic E-state index is 15.3. The molecule has 1 aliphatic rings. The van der Waals surface area contributed by atoms with Crippen LogP contribution in [0.3, 0.4) is 0 Å². The summed E-state index contributed by atoms with van der Waals surface area (Å²) in [5.74, 6) is -56.0. The second-order valence-electron chi connectivity index (χ2n) is 25.1. The molecule has 0 unspecified atom stereocenters. The standard InChI is InChI=1S/C76H52O46.Li/c77-32-1-22(2-33(78)53(32)92)67(103)113-47-16-27(11-42(87)58(47)97)66(102)112-21-52-63(119-72(108)28-12-43(88)59(98)48(17-28)114-68(104)23-3-34(79)54(93)35(80)4-23)64(120-73(109)29-13-44(89)60(99)49(18-29)115-69(105)24-5-36(81)55(94)37(82)6-24)65(121-74(110)30-14-45(90)61(100)50(19-30)116-70(106)25-7-38(83)56(95)39(84)8-25)76(118-52)122-75(111)31-15-46(91)62(101)51(20-31)117-71(107)26-9-40(85)57(96)41(86)10-26;/h1-20,52,63-65,76-101H,21H2;/q;+1/t52-,63-,64+,65-,76+;/m1./s1. The van der Waals surface area contributed by atoms with Crippen molar-refractivity contribution in [3.8, 4) is 172 Å². The van der Waals surface area contributed by atoms with Crippen LogP contribution in [0.15, 0.2) is 121 Å². The van der Waals surface area contributed by atoms with E-state index < -0.39 is 325 Å². The van der Waals surface area contributed by atoms with Gasteiger partial charge in [-0.3, -0.25) is 0 Å². The first-order chi connectivity index (χ1) is 57.4. The number of aromatic hydroxyl groups is 25. The quantitative estimate of drug-likeness (QED) is 0.0160. The fraction of sp³-hybridized carbons (Fsp3) is 0.0789. The van der Waals surface area contributed by atoms with E-state index in [1.807, 2.05) is 0 Å². The van der Waals surface area contributed by atoms with Crippen LogP contribution in [0, 0.1) is 0 Å². The van der Waals surface area contributed by atoms with Gasteiger partial charge in [0.2, 0.25) is 41.1 Å². The van der Waals surface area contributed by atoms with Gasteiger partial charge in [0.25, 0.3) is 0 Å². The predicted molar refractivity (Wildman–Crippen MR) is 383 cm³/mol. The van der Waals surface area contributed by atoms with Crippen molar-refractivity contribution in [2.24, 2.45) is 0 Å². The van der Waals surface area contributed by atoms with E-state index in [1.165, 1.54) is 0 Å². The summed E-state index contributed by atoms with van der Waals surface area (Å²) in [5.41, 5.74) is -9.89. The van der Waals surface area contributed by atoms with Crippen LogP contribution in [0.25, 0.3) is 0 Å². The average Bonchev–Trinajstić information content (AvgIpc) is 0.764. The molecule has 0 spiro atoms. The molecule has 10 aromatic carbocycles. The largest absolute Gasteiger partial charge is 1.00 e. The second-order valence-corrected chi connectivity index (χ2v) is 25.1. The molecule has 123 heavy (non-hydrogen) atoms. The molecular weight excluding hydrogens is 1660 g/mol. The zero-order valence-electron chi connectivity index (χ0n) is 60.9. The first kappa shape index (κ1) is 87.8. The molecule has 1 aliphatic heterocycles. The van der Waals surface area contributed by atoms with Gasteiger partial charge < -0.3 is 180 Å². The zero-order chi connectivity index (χ0) is 89.4. The molecule has 0 radical (unpaired) electrons. The van der Waals surface area contributed by atoms with E-state index in [-0.39, 0.29) is 18.9 Å². The first-order valence-electron chi connectivity index (χ1n) is 33.2. The Morgan fingerprint density at radius 3 is 0.602 bits per heavy atom. The summed E-state index contributed by atoms with van der Waals surface area (Å²) in [5, 5.41) is 261. The van der Waals surface area contributed by atoms with Gasteiger partial charge in [0.15, 0.2) is 156 Å². The smallest absolute Gasteiger partial charge is 0.504 e. The van der Waals surface area contributed by atoms with Gasteiger partial charge in [-0.2, -0.15) is 0 Å². The van der Waals surface area contributed by atoms with Crippen LogP contribution in [0.5, 0.6) is 172 Å². The van der Waals surface area contributed by atoms with Gasteiger partial charge >= 0.3 is 78.6 Å². The maximum Gasteiger partial charge on any atom is 1.00 e. The van der Waals surface area contributed by atoms with Crippen molar-refractivity contribution < 1.29 is 247 Å². The third kappa shape index (κ3) is 18.5. The van der Waals surface area contributed by atoms with Crippen molar-refractivity contribution in [3.63, 3.8) is 0 Å². The number of phenols is 25. The van der Waals surface area contributed by atoms with Gasteiger partial charge in [0.1, 0.15) is 12.7 Å². The Balaban J connectivity index is 0.0000158. The van der Waals surface area contributed by atoms with Crippen LogP contribution in [0.2, 0.25) is 0 Å². The van der Waals surface area contributed by atoms with Crippen LogP contribution >= 0.6 is 0 Å². The molecule has 632 valence electrons. The Hall–Kier alpha value is -17.5. The van der Waals surface area contributed by atoms with Gasteiger partial charge in [-0.15, -0.1) is 0 Å². The molecule has 0 saturated carbocycles. The molecule has 46 nitrogen and oxygen atoms in total. The van der Waals surface area contributed by atoms with Crippen molar-refractivity contribution >= 4 is 59.7 Å².